The maximum atomic E-state index is 13.0. The monoisotopic (exact) mass is 200 g/mol. The first-order valence-corrected chi connectivity index (χ1v) is 5.40. The summed E-state index contributed by atoms with van der Waals surface area (Å²) in [7, 11) is 0. The summed E-state index contributed by atoms with van der Waals surface area (Å²) in [4.78, 5) is 0. The van der Waals surface area contributed by atoms with Gasteiger partial charge in [-0.1, -0.05) is 39.7 Å². The molecule has 0 aromatic carbocycles. The van der Waals surface area contributed by atoms with Crippen LogP contribution in [0.3, 0.4) is 0 Å². The van der Waals surface area contributed by atoms with E-state index < -0.39 is 0 Å². The minimum Gasteiger partial charge on any atom is -0.495 e. The Morgan fingerprint density at radius 2 is 2.00 bits per heavy atom. The van der Waals surface area contributed by atoms with E-state index in [-0.39, 0.29) is 5.83 Å². The van der Waals surface area contributed by atoms with Gasteiger partial charge in [-0.25, -0.2) is 4.39 Å². The molecule has 82 valence electrons. The van der Waals surface area contributed by atoms with Crippen LogP contribution in [0.5, 0.6) is 0 Å². The predicted octanol–water partition coefficient (Wildman–Crippen LogP) is 4.36. The lowest BCUT2D eigenvalue weighted by Gasteiger charge is -2.08. The average Bonchev–Trinajstić information content (AvgIpc) is 2.22. The number of halogens is 1. The van der Waals surface area contributed by atoms with Crippen LogP contribution in [0.2, 0.25) is 0 Å². The number of ether oxygens (including phenoxy) is 1. The van der Waals surface area contributed by atoms with E-state index in [1.165, 1.54) is 18.9 Å². The van der Waals surface area contributed by atoms with Crippen molar-refractivity contribution in [1.29, 1.82) is 0 Å². The van der Waals surface area contributed by atoms with Gasteiger partial charge in [-0.2, -0.15) is 0 Å². The highest BCUT2D eigenvalue weighted by Crippen LogP contribution is 2.13. The normalized spacial score (nSPS) is 12.2. The molecular formula is C12H21FO. The molecule has 0 rings (SSSR count). The van der Waals surface area contributed by atoms with Gasteiger partial charge in [-0.3, -0.25) is 0 Å². The van der Waals surface area contributed by atoms with Crippen molar-refractivity contribution < 1.29 is 9.13 Å². The number of rotatable bonds is 8. The van der Waals surface area contributed by atoms with Gasteiger partial charge in [0.1, 0.15) is 5.76 Å². The molecule has 0 N–H and O–H groups in total. The molecule has 0 saturated carbocycles. The molecule has 2 heteroatoms. The third-order valence-corrected chi connectivity index (χ3v) is 2.04. The molecule has 0 saturated heterocycles. The molecular weight excluding hydrogens is 179 g/mol. The summed E-state index contributed by atoms with van der Waals surface area (Å²) in [6.07, 6.45) is 6.37. The Morgan fingerprint density at radius 3 is 2.50 bits per heavy atom. The average molecular weight is 200 g/mol. The lowest BCUT2D eigenvalue weighted by Crippen LogP contribution is -1.96. The summed E-state index contributed by atoms with van der Waals surface area (Å²) >= 11 is 0. The molecule has 1 nitrogen and oxygen atoms in total. The minimum absolute atomic E-state index is 0.331. The van der Waals surface area contributed by atoms with Crippen LogP contribution < -0.4 is 0 Å². The maximum Gasteiger partial charge on any atom is 0.160 e. The molecule has 0 radical (unpaired) electrons. The van der Waals surface area contributed by atoms with Gasteiger partial charge in [0.2, 0.25) is 0 Å². The Labute approximate surface area is 86.7 Å². The van der Waals surface area contributed by atoms with E-state index in [1.807, 2.05) is 6.92 Å². The molecule has 0 unspecified atom stereocenters. The van der Waals surface area contributed by atoms with Crippen molar-refractivity contribution in [2.75, 3.05) is 6.61 Å². The zero-order valence-electron chi connectivity index (χ0n) is 9.31. The Balaban J connectivity index is 3.69. The maximum absolute atomic E-state index is 13.0. The fourth-order valence-corrected chi connectivity index (χ4v) is 1.18. The van der Waals surface area contributed by atoms with E-state index in [4.69, 9.17) is 4.74 Å². The standard InChI is InChI=1S/C12H21FO/c1-4-7-8-9-10-14-12(6-3)11(13)5-2/h5H,2,4,6-10H2,1,3H3/b12-11-. The number of hydrogen-bond acceptors (Lipinski definition) is 1. The van der Waals surface area contributed by atoms with Crippen LogP contribution in [-0.2, 0) is 4.74 Å². The zero-order valence-corrected chi connectivity index (χ0v) is 9.31. The van der Waals surface area contributed by atoms with Gasteiger partial charge in [0.05, 0.1) is 6.61 Å². The van der Waals surface area contributed by atoms with Gasteiger partial charge in [-0.15, -0.1) is 0 Å². The summed E-state index contributed by atoms with van der Waals surface area (Å²) in [6.45, 7) is 8.03. The van der Waals surface area contributed by atoms with Gasteiger partial charge in [-0.05, 0) is 12.5 Å². The van der Waals surface area contributed by atoms with Crippen molar-refractivity contribution in [3.8, 4) is 0 Å². The van der Waals surface area contributed by atoms with Crippen LogP contribution in [0.4, 0.5) is 4.39 Å². The highest BCUT2D eigenvalue weighted by Gasteiger charge is 2.01. The van der Waals surface area contributed by atoms with Crippen LogP contribution in [-0.4, -0.2) is 6.61 Å². The van der Waals surface area contributed by atoms with E-state index in [9.17, 15) is 4.39 Å². The molecule has 0 bridgehead atoms. The van der Waals surface area contributed by atoms with Gasteiger partial charge in [0, 0.05) is 6.42 Å². The molecule has 0 spiro atoms. The largest absolute Gasteiger partial charge is 0.495 e. The zero-order chi connectivity index (χ0) is 10.8. The van der Waals surface area contributed by atoms with E-state index >= 15 is 0 Å². The Kier molecular flexibility index (Phi) is 8.30. The SMILES string of the molecule is C=C/C(F)=C(\CC)OCCCCCC. The van der Waals surface area contributed by atoms with Crippen molar-refractivity contribution in [3.05, 3.63) is 24.2 Å². The topological polar surface area (TPSA) is 9.23 Å². The molecule has 0 fully saturated rings. The summed E-state index contributed by atoms with van der Waals surface area (Å²) in [5.41, 5.74) is 0. The van der Waals surface area contributed by atoms with Crippen molar-refractivity contribution in [3.63, 3.8) is 0 Å². The molecule has 0 aromatic heterocycles. The fraction of sp³-hybridized carbons (Fsp3) is 0.667. The Morgan fingerprint density at radius 1 is 1.29 bits per heavy atom. The molecule has 0 amide bonds. The number of allylic oxidation sites excluding steroid dienone is 3. The summed E-state index contributed by atoms with van der Waals surface area (Å²) in [6, 6.07) is 0. The fourth-order valence-electron chi connectivity index (χ4n) is 1.18. The molecule has 0 aromatic rings. The third-order valence-electron chi connectivity index (χ3n) is 2.04. The van der Waals surface area contributed by atoms with Gasteiger partial charge in [0.25, 0.3) is 0 Å². The van der Waals surface area contributed by atoms with Crippen molar-refractivity contribution in [2.45, 2.75) is 46.0 Å². The molecule has 0 atom stereocenters. The summed E-state index contributed by atoms with van der Waals surface area (Å²) in [5, 5.41) is 0. The first kappa shape index (κ1) is 13.2. The van der Waals surface area contributed by atoms with Crippen molar-refractivity contribution in [1.82, 2.24) is 0 Å². The highest BCUT2D eigenvalue weighted by atomic mass is 19.1. The van der Waals surface area contributed by atoms with Gasteiger partial charge >= 0.3 is 0 Å². The van der Waals surface area contributed by atoms with E-state index in [0.29, 0.717) is 18.8 Å². The highest BCUT2D eigenvalue weighted by molar-refractivity contribution is 5.12. The van der Waals surface area contributed by atoms with Gasteiger partial charge in [0.15, 0.2) is 5.83 Å². The van der Waals surface area contributed by atoms with Gasteiger partial charge < -0.3 is 4.74 Å². The van der Waals surface area contributed by atoms with E-state index in [1.54, 1.807) is 0 Å². The van der Waals surface area contributed by atoms with Crippen LogP contribution in [0.1, 0.15) is 46.0 Å². The quantitative estimate of drug-likeness (QED) is 0.321. The van der Waals surface area contributed by atoms with Crippen LogP contribution >= 0.6 is 0 Å². The molecule has 0 heterocycles. The second kappa shape index (κ2) is 8.79. The first-order valence-electron chi connectivity index (χ1n) is 5.40. The number of unbranched alkanes of at least 4 members (excludes halogenated alkanes) is 3. The summed E-state index contributed by atoms with van der Waals surface area (Å²) < 4.78 is 18.3. The summed E-state index contributed by atoms with van der Waals surface area (Å²) in [5.74, 6) is 0.0967. The Hall–Kier alpha value is -0.790. The lowest BCUT2D eigenvalue weighted by molar-refractivity contribution is 0.189. The molecule has 0 aliphatic heterocycles. The molecule has 0 aliphatic rings. The second-order valence-electron chi connectivity index (χ2n) is 3.24. The second-order valence-corrected chi connectivity index (χ2v) is 3.24. The van der Waals surface area contributed by atoms with E-state index in [0.717, 1.165) is 12.8 Å². The molecule has 14 heavy (non-hydrogen) atoms. The van der Waals surface area contributed by atoms with E-state index in [2.05, 4.69) is 13.5 Å². The first-order chi connectivity index (χ1) is 6.76. The third kappa shape index (κ3) is 5.79. The minimum atomic E-state index is -0.331. The van der Waals surface area contributed by atoms with Crippen LogP contribution in [0.15, 0.2) is 24.2 Å². The van der Waals surface area contributed by atoms with Crippen molar-refractivity contribution in [2.24, 2.45) is 0 Å². The van der Waals surface area contributed by atoms with Crippen LogP contribution in [0.25, 0.3) is 0 Å². The smallest absolute Gasteiger partial charge is 0.160 e. The predicted molar refractivity (Wildman–Crippen MR) is 58.7 cm³/mol. The van der Waals surface area contributed by atoms with Crippen molar-refractivity contribution >= 4 is 0 Å². The Bertz CT molecular complexity index is 185. The molecule has 0 aliphatic carbocycles. The number of hydrogen-bond donors (Lipinski definition) is 0. The lowest BCUT2D eigenvalue weighted by atomic mass is 10.2. The van der Waals surface area contributed by atoms with Crippen LogP contribution in [0, 0.1) is 0 Å².